The van der Waals surface area contributed by atoms with Gasteiger partial charge >= 0.3 is 5.97 Å². The largest absolute Gasteiger partial charge is 0.469 e. The van der Waals surface area contributed by atoms with Crippen molar-refractivity contribution in [3.05, 3.63) is 35.6 Å². The average molecular weight is 352 g/mol. The Morgan fingerprint density at radius 3 is 2.36 bits per heavy atom. The van der Waals surface area contributed by atoms with Crippen LogP contribution >= 0.6 is 0 Å². The fourth-order valence-corrected chi connectivity index (χ4v) is 2.71. The molecule has 1 unspecified atom stereocenters. The highest BCUT2D eigenvalue weighted by molar-refractivity contribution is 5.94. The highest BCUT2D eigenvalue weighted by Gasteiger charge is 2.24. The summed E-state index contributed by atoms with van der Waals surface area (Å²) in [4.78, 5) is 28.3. The van der Waals surface area contributed by atoms with Gasteiger partial charge in [-0.15, -0.1) is 0 Å². The van der Waals surface area contributed by atoms with Crippen LogP contribution in [0.2, 0.25) is 0 Å². The molecule has 0 N–H and O–H groups in total. The van der Waals surface area contributed by atoms with Crippen molar-refractivity contribution in [2.24, 2.45) is 5.92 Å². The van der Waals surface area contributed by atoms with E-state index in [1.165, 1.54) is 19.2 Å². The first-order valence-corrected chi connectivity index (χ1v) is 8.78. The molecular weight excluding hydrogens is 323 g/mol. The minimum absolute atomic E-state index is 0.0300. The number of esters is 1. The van der Waals surface area contributed by atoms with Gasteiger partial charge in [-0.1, -0.05) is 32.9 Å². The van der Waals surface area contributed by atoms with Crippen molar-refractivity contribution in [2.45, 2.75) is 27.2 Å². The molecule has 1 aromatic rings. The standard InChI is InChI=1S/C19H29FN2O3/c1-5-21(6-2)12-9-13-22(14-15(3)19(24)25-4)18(23)16-10-7-8-11-17(16)20/h7-8,10-11,15H,5-6,9,12-14H2,1-4H3. The lowest BCUT2D eigenvalue weighted by atomic mass is 10.1. The van der Waals surface area contributed by atoms with Gasteiger partial charge in [-0.25, -0.2) is 4.39 Å². The number of hydrogen-bond acceptors (Lipinski definition) is 4. The van der Waals surface area contributed by atoms with Gasteiger partial charge in [0, 0.05) is 13.1 Å². The molecule has 140 valence electrons. The number of ether oxygens (including phenoxy) is 1. The first-order chi connectivity index (χ1) is 11.9. The lowest BCUT2D eigenvalue weighted by Gasteiger charge is -2.27. The fraction of sp³-hybridized carbons (Fsp3) is 0.579. The van der Waals surface area contributed by atoms with Gasteiger partial charge in [-0.3, -0.25) is 9.59 Å². The molecular formula is C19H29FN2O3. The molecule has 6 heteroatoms. The van der Waals surface area contributed by atoms with Gasteiger partial charge in [0.15, 0.2) is 0 Å². The summed E-state index contributed by atoms with van der Waals surface area (Å²) in [6.45, 7) is 9.28. The first-order valence-electron chi connectivity index (χ1n) is 8.78. The van der Waals surface area contributed by atoms with E-state index >= 15 is 0 Å². The van der Waals surface area contributed by atoms with Crippen LogP contribution in [0.5, 0.6) is 0 Å². The number of hydrogen-bond donors (Lipinski definition) is 0. The smallest absolute Gasteiger partial charge is 0.310 e. The Morgan fingerprint density at radius 2 is 1.80 bits per heavy atom. The molecule has 0 saturated heterocycles. The average Bonchev–Trinajstić information content (AvgIpc) is 2.63. The molecule has 1 atom stereocenters. The van der Waals surface area contributed by atoms with E-state index in [2.05, 4.69) is 18.7 Å². The number of carbonyl (C=O) groups excluding carboxylic acids is 2. The summed E-state index contributed by atoms with van der Waals surface area (Å²) in [5.74, 6) is -1.79. The monoisotopic (exact) mass is 352 g/mol. The summed E-state index contributed by atoms with van der Waals surface area (Å²) in [6.07, 6.45) is 0.760. The van der Waals surface area contributed by atoms with Crippen LogP contribution in [-0.2, 0) is 9.53 Å². The van der Waals surface area contributed by atoms with E-state index in [1.54, 1.807) is 24.0 Å². The normalized spacial score (nSPS) is 12.1. The third kappa shape index (κ3) is 6.46. The van der Waals surface area contributed by atoms with Crippen molar-refractivity contribution in [3.8, 4) is 0 Å². The van der Waals surface area contributed by atoms with Crippen LogP contribution in [0, 0.1) is 11.7 Å². The second-order valence-electron chi connectivity index (χ2n) is 6.04. The SMILES string of the molecule is CCN(CC)CCCN(CC(C)C(=O)OC)C(=O)c1ccccc1F. The fourth-order valence-electron chi connectivity index (χ4n) is 2.71. The second-order valence-corrected chi connectivity index (χ2v) is 6.04. The number of benzene rings is 1. The molecule has 1 amide bonds. The Bertz CT molecular complexity index is 561. The van der Waals surface area contributed by atoms with Gasteiger partial charge < -0.3 is 14.5 Å². The molecule has 0 fully saturated rings. The lowest BCUT2D eigenvalue weighted by molar-refractivity contribution is -0.145. The topological polar surface area (TPSA) is 49.9 Å². The van der Waals surface area contributed by atoms with E-state index in [-0.39, 0.29) is 18.1 Å². The summed E-state index contributed by atoms with van der Waals surface area (Å²) in [6, 6.07) is 5.92. The molecule has 0 saturated carbocycles. The molecule has 5 nitrogen and oxygen atoms in total. The Morgan fingerprint density at radius 1 is 1.16 bits per heavy atom. The van der Waals surface area contributed by atoms with Crippen LogP contribution < -0.4 is 0 Å². The first kappa shape index (κ1) is 21.1. The molecule has 1 rings (SSSR count). The number of halogens is 1. The number of amides is 1. The predicted octanol–water partition coefficient (Wildman–Crippen LogP) is 2.81. The maximum Gasteiger partial charge on any atom is 0.310 e. The maximum absolute atomic E-state index is 14.0. The van der Waals surface area contributed by atoms with Crippen molar-refractivity contribution < 1.29 is 18.7 Å². The van der Waals surface area contributed by atoms with Crippen LogP contribution in [0.4, 0.5) is 4.39 Å². The molecule has 0 aliphatic rings. The number of carbonyl (C=O) groups is 2. The number of rotatable bonds is 10. The van der Waals surface area contributed by atoms with Crippen molar-refractivity contribution in [3.63, 3.8) is 0 Å². The van der Waals surface area contributed by atoms with Crippen LogP contribution in [-0.4, -0.2) is 61.5 Å². The second kappa shape index (κ2) is 10.8. The maximum atomic E-state index is 14.0. The molecule has 0 aliphatic carbocycles. The Balaban J connectivity index is 2.85. The van der Waals surface area contributed by atoms with Gasteiger partial charge in [-0.05, 0) is 38.2 Å². The van der Waals surface area contributed by atoms with E-state index in [4.69, 9.17) is 4.74 Å². The molecule has 1 aromatic carbocycles. The van der Waals surface area contributed by atoms with E-state index in [0.29, 0.717) is 6.54 Å². The minimum atomic E-state index is -0.549. The zero-order valence-corrected chi connectivity index (χ0v) is 15.6. The van der Waals surface area contributed by atoms with Gasteiger partial charge in [-0.2, -0.15) is 0 Å². The summed E-state index contributed by atoms with van der Waals surface area (Å²) in [7, 11) is 1.32. The van der Waals surface area contributed by atoms with E-state index in [1.807, 2.05) is 0 Å². The molecule has 0 radical (unpaired) electrons. The summed E-state index contributed by atoms with van der Waals surface area (Å²) < 4.78 is 18.7. The van der Waals surface area contributed by atoms with Gasteiger partial charge in [0.2, 0.25) is 0 Å². The van der Waals surface area contributed by atoms with E-state index in [0.717, 1.165) is 26.1 Å². The van der Waals surface area contributed by atoms with Crippen molar-refractivity contribution in [1.82, 2.24) is 9.80 Å². The molecule has 0 bridgehead atoms. The quantitative estimate of drug-likeness (QED) is 0.608. The Labute approximate surface area is 149 Å². The predicted molar refractivity (Wildman–Crippen MR) is 95.9 cm³/mol. The minimum Gasteiger partial charge on any atom is -0.469 e. The number of methoxy groups -OCH3 is 1. The van der Waals surface area contributed by atoms with Crippen molar-refractivity contribution in [2.75, 3.05) is 39.8 Å². The van der Waals surface area contributed by atoms with Gasteiger partial charge in [0.25, 0.3) is 5.91 Å². The zero-order chi connectivity index (χ0) is 18.8. The summed E-state index contributed by atoms with van der Waals surface area (Å²) in [5.41, 5.74) is 0.0300. The van der Waals surface area contributed by atoms with E-state index in [9.17, 15) is 14.0 Å². The van der Waals surface area contributed by atoms with E-state index < -0.39 is 17.6 Å². The summed E-state index contributed by atoms with van der Waals surface area (Å²) >= 11 is 0. The van der Waals surface area contributed by atoms with Crippen LogP contribution in [0.25, 0.3) is 0 Å². The molecule has 0 heterocycles. The van der Waals surface area contributed by atoms with Crippen molar-refractivity contribution in [1.29, 1.82) is 0 Å². The van der Waals surface area contributed by atoms with Crippen LogP contribution in [0.1, 0.15) is 37.6 Å². The van der Waals surface area contributed by atoms with Crippen LogP contribution in [0.3, 0.4) is 0 Å². The Kier molecular flexibility index (Phi) is 9.13. The highest BCUT2D eigenvalue weighted by atomic mass is 19.1. The summed E-state index contributed by atoms with van der Waals surface area (Å²) in [5, 5.41) is 0. The third-order valence-corrected chi connectivity index (χ3v) is 4.29. The molecule has 0 aliphatic heterocycles. The number of nitrogens with zero attached hydrogens (tertiary/aromatic N) is 2. The lowest BCUT2D eigenvalue weighted by Crippen LogP contribution is -2.39. The highest BCUT2D eigenvalue weighted by Crippen LogP contribution is 2.13. The van der Waals surface area contributed by atoms with Crippen molar-refractivity contribution >= 4 is 11.9 Å². The zero-order valence-electron chi connectivity index (χ0n) is 15.6. The van der Waals surface area contributed by atoms with Gasteiger partial charge in [0.1, 0.15) is 5.82 Å². The molecule has 0 spiro atoms. The molecule has 25 heavy (non-hydrogen) atoms. The van der Waals surface area contributed by atoms with Crippen LogP contribution in [0.15, 0.2) is 24.3 Å². The molecule has 0 aromatic heterocycles. The Hall–Kier alpha value is -1.95. The third-order valence-electron chi connectivity index (χ3n) is 4.29. The van der Waals surface area contributed by atoms with Gasteiger partial charge in [0.05, 0.1) is 18.6 Å².